The zero-order valence-electron chi connectivity index (χ0n) is 52.8. The van der Waals surface area contributed by atoms with Crippen LogP contribution in [0.3, 0.4) is 0 Å². The molecule has 2 amide bonds. The number of fused-ring (bicyclic) bond motifs is 8. The lowest BCUT2D eigenvalue weighted by Crippen LogP contribution is -2.49. The van der Waals surface area contributed by atoms with E-state index in [1.54, 1.807) is 78.3 Å². The van der Waals surface area contributed by atoms with Crippen LogP contribution in [0.4, 0.5) is 11.4 Å². The first-order valence-corrected chi connectivity index (χ1v) is 36.3. The number of aryl methyl sites for hydroxylation is 2. The lowest BCUT2D eigenvalue weighted by atomic mass is 9.68. The number of sulfonamides is 2. The highest BCUT2D eigenvalue weighted by Gasteiger charge is 2.47. The second-order valence-electron chi connectivity index (χ2n) is 27.5. The van der Waals surface area contributed by atoms with E-state index in [0.29, 0.717) is 74.3 Å². The van der Waals surface area contributed by atoms with Crippen molar-refractivity contribution in [3.05, 3.63) is 141 Å². The Morgan fingerprint density at radius 1 is 0.604 bits per heavy atom. The fourth-order valence-corrected chi connectivity index (χ4v) is 18.5. The van der Waals surface area contributed by atoms with Gasteiger partial charge in [-0.25, -0.2) is 26.3 Å². The van der Waals surface area contributed by atoms with Gasteiger partial charge in [-0.05, 0) is 236 Å². The molecule has 4 aromatic rings. The highest BCUT2D eigenvalue weighted by molar-refractivity contribution is 7.91. The van der Waals surface area contributed by atoms with Gasteiger partial charge in [-0.1, -0.05) is 67.1 Å². The summed E-state index contributed by atoms with van der Waals surface area (Å²) in [5, 5.41) is 20.2. The monoisotopic (exact) mass is 1330 g/mol. The van der Waals surface area contributed by atoms with Crippen LogP contribution in [0, 0.1) is 35.5 Å². The minimum absolute atomic E-state index is 0. The molecule has 496 valence electrons. The zero-order valence-corrected chi connectivity index (χ0v) is 55.9. The Morgan fingerprint density at radius 3 is 1.37 bits per heavy atom. The fourth-order valence-electron chi connectivity index (χ4n) is 16.0. The first-order valence-electron chi connectivity index (χ1n) is 32.5. The molecule has 20 heteroatoms. The number of carbonyl (C=O) groups excluding carboxylic acids is 2. The van der Waals surface area contributed by atoms with Crippen LogP contribution in [-0.4, -0.2) is 127 Å². The standard InChI is InChI=1S/2C35H45ClN2O6S.CH4/c2*1-22(39)15-24-6-12-32(43-3)29-10-7-27(29)19-38-20-35(14-4-5-25-17-28(36)9-11-30(25)35)21-44-33-13-8-26(18-31(33)38)34(40)37-45(41,42)23(2)16-24;/h2*6,8-9,11-13,17-18,22-24,27,29,32,39H,4-5,7,10,14-16,19-21H2,1-3H3,(H,37,40);1H4/b2*12-6+;/t22-,23+,24+,27-,29+,32-,35-;22-,23-,24-,27+,29-,32+,35+;/m01./s1. The summed E-state index contributed by atoms with van der Waals surface area (Å²) in [6.45, 7) is 10.6. The number of nitrogens with one attached hydrogen (secondary N) is 2. The molecule has 4 aromatic carbocycles. The maximum Gasteiger partial charge on any atom is 0.264 e. The van der Waals surface area contributed by atoms with Crippen LogP contribution in [0.1, 0.15) is 155 Å². The lowest BCUT2D eigenvalue weighted by Gasteiger charge is -2.46. The van der Waals surface area contributed by atoms with Crippen molar-refractivity contribution in [2.24, 2.45) is 35.5 Å². The molecule has 4 aliphatic heterocycles. The van der Waals surface area contributed by atoms with Crippen LogP contribution in [-0.2, 0) is 53.2 Å². The smallest absolute Gasteiger partial charge is 0.264 e. The van der Waals surface area contributed by atoms with Gasteiger partial charge in [-0.3, -0.25) is 9.59 Å². The molecule has 4 bridgehead atoms. The molecule has 0 saturated heterocycles. The molecule has 0 radical (unpaired) electrons. The van der Waals surface area contributed by atoms with Crippen LogP contribution in [0.5, 0.6) is 11.5 Å². The van der Waals surface area contributed by atoms with Crippen molar-refractivity contribution in [2.45, 2.75) is 171 Å². The Bertz CT molecular complexity index is 3350. The molecule has 2 saturated carbocycles. The lowest BCUT2D eigenvalue weighted by molar-refractivity contribution is 0.0128. The quantitative estimate of drug-likeness (QED) is 0.132. The SMILES string of the molecule is C.CO[C@H]1/C=C/[C@H](C[C@@H](C)O)C[C@@H](C)S(=O)(=O)NC(=O)c2ccc3c(c2)N(C[C@@H]2CC[C@H]21)C[C@@]1(CCCc2cc(Cl)ccc21)CO3.CO[C@H]1/C=C/[C@H](C[C@H](C)O)C[C@@H](C)S(=O)(=O)NC(=O)c2ccc3c(c2)N(C[C@@H]2CC[C@H]21)C[C@@]1(CCCc2cc(Cl)ccc21)CO3. The topological polar surface area (TPSA) is 210 Å². The minimum atomic E-state index is -3.99. The number of ether oxygens (including phenoxy) is 4. The maximum absolute atomic E-state index is 13.5. The molecule has 4 aliphatic carbocycles. The van der Waals surface area contributed by atoms with Crippen molar-refractivity contribution < 1.29 is 55.6 Å². The van der Waals surface area contributed by atoms with Crippen molar-refractivity contribution in [3.8, 4) is 11.5 Å². The average molecular weight is 1330 g/mol. The molecule has 2 spiro atoms. The van der Waals surface area contributed by atoms with E-state index in [-0.39, 0.29) is 66.3 Å². The van der Waals surface area contributed by atoms with E-state index in [4.69, 9.17) is 42.1 Å². The summed E-state index contributed by atoms with van der Waals surface area (Å²) in [5.41, 5.74) is 6.71. The van der Waals surface area contributed by atoms with Gasteiger partial charge in [0, 0.05) is 72.4 Å². The van der Waals surface area contributed by atoms with Gasteiger partial charge in [-0.15, -0.1) is 0 Å². The molecule has 91 heavy (non-hydrogen) atoms. The molecule has 14 atom stereocenters. The summed E-state index contributed by atoms with van der Waals surface area (Å²) in [5.74, 6) is 0.998. The summed E-state index contributed by atoms with van der Waals surface area (Å²) >= 11 is 12.8. The normalized spacial score (nSPS) is 32.2. The van der Waals surface area contributed by atoms with E-state index >= 15 is 0 Å². The van der Waals surface area contributed by atoms with Crippen LogP contribution in [0.25, 0.3) is 0 Å². The largest absolute Gasteiger partial charge is 0.490 e. The van der Waals surface area contributed by atoms with Crippen LogP contribution >= 0.6 is 23.2 Å². The van der Waals surface area contributed by atoms with Gasteiger partial charge in [0.2, 0.25) is 20.0 Å². The second-order valence-corrected chi connectivity index (χ2v) is 32.6. The van der Waals surface area contributed by atoms with E-state index in [1.165, 1.54) is 22.3 Å². The van der Waals surface area contributed by atoms with Gasteiger partial charge in [0.1, 0.15) is 11.5 Å². The van der Waals surface area contributed by atoms with Gasteiger partial charge in [0.25, 0.3) is 11.8 Å². The number of benzene rings is 4. The summed E-state index contributed by atoms with van der Waals surface area (Å²) < 4.78 is 83.3. The number of halogens is 2. The number of amides is 2. The molecule has 4 heterocycles. The molecule has 0 aromatic heterocycles. The minimum Gasteiger partial charge on any atom is -0.490 e. The summed E-state index contributed by atoms with van der Waals surface area (Å²) in [7, 11) is -4.51. The molecular weight excluding hydrogens is 1240 g/mol. The highest BCUT2D eigenvalue weighted by atomic mass is 35.5. The number of nitrogens with zero attached hydrogens (tertiary/aromatic N) is 2. The summed E-state index contributed by atoms with van der Waals surface area (Å²) in [6.07, 6.45) is 18.2. The first-order chi connectivity index (χ1) is 43.0. The van der Waals surface area contributed by atoms with E-state index in [2.05, 4.69) is 55.7 Å². The van der Waals surface area contributed by atoms with Crippen LogP contribution < -0.4 is 28.7 Å². The number of allylic oxidation sites excluding steroid dienone is 2. The second kappa shape index (κ2) is 28.4. The average Bonchev–Trinajstić information content (AvgIpc) is 1.72. The summed E-state index contributed by atoms with van der Waals surface area (Å²) in [6, 6.07) is 22.9. The Hall–Kier alpha value is -5.18. The van der Waals surface area contributed by atoms with Crippen molar-refractivity contribution in [2.75, 3.05) is 63.4 Å². The molecular formula is C71H94Cl2N4O12S2. The Morgan fingerprint density at radius 2 is 1.01 bits per heavy atom. The number of methoxy groups -OCH3 is 2. The predicted octanol–water partition coefficient (Wildman–Crippen LogP) is 11.9. The maximum atomic E-state index is 13.5. The van der Waals surface area contributed by atoms with Crippen molar-refractivity contribution in [1.29, 1.82) is 0 Å². The third kappa shape index (κ3) is 15.0. The molecule has 16 nitrogen and oxygen atoms in total. The van der Waals surface area contributed by atoms with Crippen LogP contribution in [0.2, 0.25) is 10.0 Å². The van der Waals surface area contributed by atoms with Crippen LogP contribution in [0.15, 0.2) is 97.1 Å². The van der Waals surface area contributed by atoms with E-state index in [0.717, 1.165) is 98.7 Å². The number of anilines is 2. The fraction of sp³-hybridized carbons (Fsp3) is 0.577. The van der Waals surface area contributed by atoms with E-state index < -0.39 is 54.6 Å². The molecule has 12 rings (SSSR count). The number of aliphatic hydroxyl groups excluding tert-OH is 2. The molecule has 8 aliphatic rings. The number of hydrogen-bond donors (Lipinski definition) is 4. The Labute approximate surface area is 549 Å². The third-order valence-corrected chi connectivity index (χ3v) is 25.0. The van der Waals surface area contributed by atoms with E-state index in [9.17, 15) is 36.6 Å². The third-order valence-electron chi connectivity index (χ3n) is 21.1. The zero-order chi connectivity index (χ0) is 63.9. The van der Waals surface area contributed by atoms with Gasteiger partial charge in [-0.2, -0.15) is 0 Å². The molecule has 0 unspecified atom stereocenters. The van der Waals surface area contributed by atoms with Gasteiger partial charge < -0.3 is 39.0 Å². The summed E-state index contributed by atoms with van der Waals surface area (Å²) in [4.78, 5) is 31.7. The van der Waals surface area contributed by atoms with Crippen molar-refractivity contribution in [1.82, 2.24) is 9.44 Å². The highest BCUT2D eigenvalue weighted by Crippen LogP contribution is 2.50. The van der Waals surface area contributed by atoms with Crippen molar-refractivity contribution in [3.63, 3.8) is 0 Å². The number of hydrogen-bond acceptors (Lipinski definition) is 14. The predicted molar refractivity (Wildman–Crippen MR) is 360 cm³/mol. The number of carbonyl (C=O) groups is 2. The number of rotatable bonds is 6. The Balaban J connectivity index is 0.000000198. The van der Waals surface area contributed by atoms with Gasteiger partial charge in [0.15, 0.2) is 0 Å². The van der Waals surface area contributed by atoms with Crippen molar-refractivity contribution >= 4 is 66.4 Å². The van der Waals surface area contributed by atoms with Gasteiger partial charge in [0.05, 0.1) is 59.5 Å². The molecule has 2 fully saturated rings. The first kappa shape index (κ1) is 68.7. The van der Waals surface area contributed by atoms with Gasteiger partial charge >= 0.3 is 0 Å². The number of aliphatic hydroxyl groups is 2. The van der Waals surface area contributed by atoms with E-state index in [1.807, 2.05) is 24.3 Å². The molecule has 4 N–H and O–H groups in total. The Kier molecular flexibility index (Phi) is 21.4.